The Labute approximate surface area is 205 Å². The molecule has 0 spiro atoms. The van der Waals surface area contributed by atoms with Crippen LogP contribution >= 0.6 is 24.0 Å². The molecule has 0 bridgehead atoms. The minimum absolute atomic E-state index is 0. The van der Waals surface area contributed by atoms with E-state index in [0.29, 0.717) is 13.1 Å². The van der Waals surface area contributed by atoms with E-state index in [4.69, 9.17) is 9.73 Å². The molecule has 1 atom stereocenters. The van der Waals surface area contributed by atoms with E-state index in [1.54, 1.807) is 0 Å². The van der Waals surface area contributed by atoms with Gasteiger partial charge in [-0.25, -0.2) is 0 Å². The van der Waals surface area contributed by atoms with Gasteiger partial charge < -0.3 is 19.9 Å². The molecule has 0 radical (unpaired) electrons. The number of amides is 1. The molecule has 1 aromatic rings. The summed E-state index contributed by atoms with van der Waals surface area (Å²) in [5.74, 6) is 0.889. The molecule has 2 rings (SSSR count). The number of hydrogen-bond acceptors (Lipinski definition) is 4. The lowest BCUT2D eigenvalue weighted by atomic mass is 10.0. The van der Waals surface area contributed by atoms with Crippen LogP contribution in [0.25, 0.3) is 0 Å². The van der Waals surface area contributed by atoms with E-state index < -0.39 is 0 Å². The van der Waals surface area contributed by atoms with Crippen molar-refractivity contribution in [2.24, 2.45) is 4.99 Å². The van der Waals surface area contributed by atoms with Gasteiger partial charge in [0.1, 0.15) is 0 Å². The van der Waals surface area contributed by atoms with Crippen LogP contribution in [0.1, 0.15) is 37.9 Å². The maximum atomic E-state index is 12.5. The van der Waals surface area contributed by atoms with E-state index >= 15 is 0 Å². The predicted molar refractivity (Wildman–Crippen MR) is 138 cm³/mol. The molecule has 1 fully saturated rings. The SMILES string of the molecule is CCNC(=NCC(c1ccc(C)cc1)N1CCOCC1)N(C)CC(=O)N(CC)CC.I. The van der Waals surface area contributed by atoms with Crippen molar-refractivity contribution < 1.29 is 9.53 Å². The van der Waals surface area contributed by atoms with Gasteiger partial charge in [0.15, 0.2) is 5.96 Å². The Morgan fingerprint density at radius 3 is 2.32 bits per heavy atom. The third-order valence-corrected chi connectivity index (χ3v) is 5.55. The number of likely N-dealkylation sites (N-methyl/N-ethyl adjacent to an activating group) is 2. The molecule has 1 aromatic carbocycles. The molecule has 1 heterocycles. The van der Waals surface area contributed by atoms with E-state index in [-0.39, 0.29) is 35.9 Å². The van der Waals surface area contributed by atoms with Crippen LogP contribution in [0.4, 0.5) is 0 Å². The average Bonchev–Trinajstić information content (AvgIpc) is 2.75. The maximum Gasteiger partial charge on any atom is 0.242 e. The first kappa shape index (κ1) is 27.6. The van der Waals surface area contributed by atoms with Gasteiger partial charge in [-0.15, -0.1) is 24.0 Å². The highest BCUT2D eigenvalue weighted by Crippen LogP contribution is 2.23. The van der Waals surface area contributed by atoms with Gasteiger partial charge in [-0.2, -0.15) is 0 Å². The van der Waals surface area contributed by atoms with Crippen molar-refractivity contribution in [2.45, 2.75) is 33.7 Å². The zero-order chi connectivity index (χ0) is 21.9. The average molecular weight is 546 g/mol. The van der Waals surface area contributed by atoms with Crippen LogP contribution in [0.15, 0.2) is 29.3 Å². The fraction of sp³-hybridized carbons (Fsp3) is 0.652. The quantitative estimate of drug-likeness (QED) is 0.294. The summed E-state index contributed by atoms with van der Waals surface area (Å²) in [5.41, 5.74) is 2.52. The van der Waals surface area contributed by atoms with Crippen molar-refractivity contribution in [1.82, 2.24) is 20.0 Å². The number of aliphatic imine (C=N–C) groups is 1. The summed E-state index contributed by atoms with van der Waals surface area (Å²) in [6.07, 6.45) is 0. The lowest BCUT2D eigenvalue weighted by Gasteiger charge is -2.34. The number of hydrogen-bond donors (Lipinski definition) is 1. The number of aryl methyl sites for hydroxylation is 1. The van der Waals surface area contributed by atoms with Gasteiger partial charge in [0.2, 0.25) is 5.91 Å². The summed E-state index contributed by atoms with van der Waals surface area (Å²) in [7, 11) is 1.93. The molecule has 1 unspecified atom stereocenters. The zero-order valence-corrected chi connectivity index (χ0v) is 22.1. The van der Waals surface area contributed by atoms with Crippen molar-refractivity contribution in [3.63, 3.8) is 0 Å². The fourth-order valence-corrected chi connectivity index (χ4v) is 3.71. The van der Waals surface area contributed by atoms with Gasteiger partial charge in [-0.05, 0) is 33.3 Å². The molecule has 1 N–H and O–H groups in total. The molecule has 31 heavy (non-hydrogen) atoms. The van der Waals surface area contributed by atoms with Crippen LogP contribution < -0.4 is 5.32 Å². The molecular weight excluding hydrogens is 505 g/mol. The van der Waals surface area contributed by atoms with Gasteiger partial charge >= 0.3 is 0 Å². The molecule has 7 nitrogen and oxygen atoms in total. The van der Waals surface area contributed by atoms with Crippen molar-refractivity contribution in [1.29, 1.82) is 0 Å². The highest BCUT2D eigenvalue weighted by molar-refractivity contribution is 14.0. The van der Waals surface area contributed by atoms with Gasteiger partial charge in [-0.3, -0.25) is 14.7 Å². The van der Waals surface area contributed by atoms with Crippen LogP contribution in [0.2, 0.25) is 0 Å². The zero-order valence-electron chi connectivity index (χ0n) is 19.8. The van der Waals surface area contributed by atoms with Crippen LogP contribution in [-0.2, 0) is 9.53 Å². The number of carbonyl (C=O) groups excluding carboxylic acids is 1. The summed E-state index contributed by atoms with van der Waals surface area (Å²) in [5, 5.41) is 3.34. The molecule has 0 aliphatic carbocycles. The topological polar surface area (TPSA) is 60.4 Å². The highest BCUT2D eigenvalue weighted by Gasteiger charge is 2.23. The van der Waals surface area contributed by atoms with Crippen LogP contribution in [-0.4, -0.2) is 92.6 Å². The first-order valence-electron chi connectivity index (χ1n) is 11.2. The number of guanidine groups is 1. The minimum atomic E-state index is 0. The second kappa shape index (κ2) is 14.6. The predicted octanol–water partition coefficient (Wildman–Crippen LogP) is 2.75. The fourth-order valence-electron chi connectivity index (χ4n) is 3.71. The van der Waals surface area contributed by atoms with E-state index in [0.717, 1.165) is 51.9 Å². The normalized spacial score (nSPS) is 15.7. The number of ether oxygens (including phenoxy) is 1. The third-order valence-electron chi connectivity index (χ3n) is 5.55. The minimum Gasteiger partial charge on any atom is -0.379 e. The summed E-state index contributed by atoms with van der Waals surface area (Å²) >= 11 is 0. The Kier molecular flexibility index (Phi) is 13.0. The van der Waals surface area contributed by atoms with E-state index in [1.807, 2.05) is 30.7 Å². The summed E-state index contributed by atoms with van der Waals surface area (Å²) in [4.78, 5) is 23.7. The van der Waals surface area contributed by atoms with Gasteiger partial charge in [0.05, 0.1) is 32.3 Å². The van der Waals surface area contributed by atoms with Crippen molar-refractivity contribution in [3.8, 4) is 0 Å². The first-order valence-corrected chi connectivity index (χ1v) is 11.2. The van der Waals surface area contributed by atoms with Crippen molar-refractivity contribution in [2.75, 3.05) is 66.1 Å². The van der Waals surface area contributed by atoms with E-state index in [9.17, 15) is 4.79 Å². The number of benzene rings is 1. The third kappa shape index (κ3) is 8.57. The summed E-state index contributed by atoms with van der Waals surface area (Å²) in [6.45, 7) is 14.7. The van der Waals surface area contributed by atoms with Crippen LogP contribution in [0.5, 0.6) is 0 Å². The number of nitrogens with zero attached hydrogens (tertiary/aromatic N) is 4. The highest BCUT2D eigenvalue weighted by atomic mass is 127. The first-order chi connectivity index (χ1) is 14.5. The standard InChI is InChI=1S/C23H39N5O2.HI/c1-6-24-23(26(5)18-22(29)27(7-2)8-3)25-17-21(28-13-15-30-16-14-28)20-11-9-19(4)10-12-20;/h9-12,21H,6-8,13-18H2,1-5H3,(H,24,25);1H. The number of carbonyl (C=O) groups is 1. The smallest absolute Gasteiger partial charge is 0.242 e. The number of rotatable bonds is 9. The lowest BCUT2D eigenvalue weighted by molar-refractivity contribution is -0.131. The maximum absolute atomic E-state index is 12.5. The summed E-state index contributed by atoms with van der Waals surface area (Å²) in [6, 6.07) is 8.91. The van der Waals surface area contributed by atoms with Crippen molar-refractivity contribution in [3.05, 3.63) is 35.4 Å². The van der Waals surface area contributed by atoms with Crippen LogP contribution in [0.3, 0.4) is 0 Å². The Morgan fingerprint density at radius 2 is 1.77 bits per heavy atom. The van der Waals surface area contributed by atoms with E-state index in [2.05, 4.69) is 48.3 Å². The molecule has 1 saturated heterocycles. The van der Waals surface area contributed by atoms with Crippen molar-refractivity contribution >= 4 is 35.8 Å². The molecular formula is C23H40IN5O2. The number of morpholine rings is 1. The Hall–Kier alpha value is -1.39. The largest absolute Gasteiger partial charge is 0.379 e. The Bertz CT molecular complexity index is 673. The second-order valence-electron chi connectivity index (χ2n) is 7.69. The van der Waals surface area contributed by atoms with E-state index in [1.165, 1.54) is 11.1 Å². The van der Waals surface area contributed by atoms with Gasteiger partial charge in [0.25, 0.3) is 0 Å². The summed E-state index contributed by atoms with van der Waals surface area (Å²) < 4.78 is 5.55. The van der Waals surface area contributed by atoms with Gasteiger partial charge in [0, 0.05) is 39.8 Å². The number of halogens is 1. The number of nitrogens with one attached hydrogen (secondary N) is 1. The molecule has 0 saturated carbocycles. The Morgan fingerprint density at radius 1 is 1.16 bits per heavy atom. The molecule has 1 amide bonds. The molecule has 0 aromatic heterocycles. The van der Waals surface area contributed by atoms with Crippen LogP contribution in [0, 0.1) is 6.92 Å². The monoisotopic (exact) mass is 545 g/mol. The molecule has 1 aliphatic heterocycles. The molecule has 176 valence electrons. The Balaban J connectivity index is 0.00000480. The van der Waals surface area contributed by atoms with Gasteiger partial charge in [-0.1, -0.05) is 29.8 Å². The molecule has 8 heteroatoms. The lowest BCUT2D eigenvalue weighted by Crippen LogP contribution is -2.46. The second-order valence-corrected chi connectivity index (χ2v) is 7.69. The molecule has 1 aliphatic rings.